The van der Waals surface area contributed by atoms with Crippen molar-refractivity contribution < 1.29 is 9.53 Å². The molecule has 2 rings (SSSR count). The van der Waals surface area contributed by atoms with Crippen LogP contribution in [-0.2, 0) is 11.3 Å². The Balaban J connectivity index is 2.15. The monoisotopic (exact) mass is 237 g/mol. The number of ketones is 1. The summed E-state index contributed by atoms with van der Waals surface area (Å²) in [5.74, 6) is 0.113. The van der Waals surface area contributed by atoms with E-state index in [4.69, 9.17) is 4.74 Å². The van der Waals surface area contributed by atoms with Crippen LogP contribution in [0.3, 0.4) is 0 Å². The molecule has 0 aliphatic carbocycles. The van der Waals surface area contributed by atoms with Crippen LogP contribution in [0.5, 0.6) is 0 Å². The first-order chi connectivity index (χ1) is 8.27. The Bertz CT molecular complexity index is 389. The number of ether oxygens (including phenoxy) is 1. The molecule has 17 heavy (non-hydrogen) atoms. The highest BCUT2D eigenvalue weighted by atomic mass is 16.5. The molecule has 1 aromatic rings. The molecule has 0 bridgehead atoms. The number of hydrogen-bond donors (Lipinski definition) is 0. The second kappa shape index (κ2) is 5.40. The number of hydrogen-bond acceptors (Lipinski definition) is 4. The van der Waals surface area contributed by atoms with Crippen LogP contribution < -0.4 is 0 Å². The molecule has 5 heteroatoms. The van der Waals surface area contributed by atoms with Crippen molar-refractivity contribution >= 4 is 5.78 Å². The van der Waals surface area contributed by atoms with Crippen molar-refractivity contribution in [2.45, 2.75) is 45.8 Å². The van der Waals surface area contributed by atoms with E-state index < -0.39 is 0 Å². The maximum atomic E-state index is 12.4. The standard InChI is InChI=1S/C12H19N3O2/c1-3-6-15-10(8-13-14-15)12(16)9-5-7-17-11(9)4-2/h8-9,11H,3-7H2,1-2H3. The molecule has 5 nitrogen and oxygen atoms in total. The lowest BCUT2D eigenvalue weighted by Crippen LogP contribution is -2.26. The molecule has 2 atom stereocenters. The van der Waals surface area contributed by atoms with Gasteiger partial charge in [-0.3, -0.25) is 4.79 Å². The summed E-state index contributed by atoms with van der Waals surface area (Å²) in [7, 11) is 0. The van der Waals surface area contributed by atoms with Gasteiger partial charge in [0.2, 0.25) is 0 Å². The molecule has 2 heterocycles. The Morgan fingerprint density at radius 2 is 2.41 bits per heavy atom. The molecular formula is C12H19N3O2. The zero-order valence-corrected chi connectivity index (χ0v) is 10.4. The molecule has 1 fully saturated rings. The number of rotatable bonds is 5. The first kappa shape index (κ1) is 12.2. The molecule has 0 amide bonds. The molecule has 0 spiro atoms. The molecule has 1 aromatic heterocycles. The van der Waals surface area contributed by atoms with E-state index >= 15 is 0 Å². The fraction of sp³-hybridized carbons (Fsp3) is 0.750. The van der Waals surface area contributed by atoms with Gasteiger partial charge in [0.05, 0.1) is 18.2 Å². The predicted molar refractivity (Wildman–Crippen MR) is 62.8 cm³/mol. The van der Waals surface area contributed by atoms with Crippen LogP contribution in [0.4, 0.5) is 0 Å². The highest BCUT2D eigenvalue weighted by Crippen LogP contribution is 2.26. The highest BCUT2D eigenvalue weighted by Gasteiger charge is 2.34. The van der Waals surface area contributed by atoms with Crippen molar-refractivity contribution in [2.24, 2.45) is 5.92 Å². The van der Waals surface area contributed by atoms with Crippen LogP contribution in [0.15, 0.2) is 6.20 Å². The number of nitrogens with zero attached hydrogens (tertiary/aromatic N) is 3. The molecule has 2 unspecified atom stereocenters. The van der Waals surface area contributed by atoms with Crippen molar-refractivity contribution in [1.82, 2.24) is 15.0 Å². The van der Waals surface area contributed by atoms with E-state index in [0.717, 1.165) is 25.8 Å². The van der Waals surface area contributed by atoms with E-state index in [1.807, 2.05) is 0 Å². The van der Waals surface area contributed by atoms with Gasteiger partial charge in [0, 0.05) is 13.2 Å². The van der Waals surface area contributed by atoms with E-state index in [1.165, 1.54) is 0 Å². The molecule has 94 valence electrons. The minimum Gasteiger partial charge on any atom is -0.377 e. The third-order valence-corrected chi connectivity index (χ3v) is 3.25. The third-order valence-electron chi connectivity index (χ3n) is 3.25. The Hall–Kier alpha value is -1.23. The maximum absolute atomic E-state index is 12.4. The van der Waals surface area contributed by atoms with Gasteiger partial charge >= 0.3 is 0 Å². The molecular weight excluding hydrogens is 218 g/mol. The van der Waals surface area contributed by atoms with E-state index in [9.17, 15) is 4.79 Å². The van der Waals surface area contributed by atoms with Crippen molar-refractivity contribution in [1.29, 1.82) is 0 Å². The lowest BCUT2D eigenvalue weighted by molar-refractivity contribution is 0.0681. The van der Waals surface area contributed by atoms with Crippen LogP contribution >= 0.6 is 0 Å². The van der Waals surface area contributed by atoms with E-state index in [2.05, 4.69) is 24.2 Å². The van der Waals surface area contributed by atoms with Crippen molar-refractivity contribution in [3.63, 3.8) is 0 Å². The minimum absolute atomic E-state index is 0.0193. The van der Waals surface area contributed by atoms with Gasteiger partial charge < -0.3 is 4.74 Å². The molecule has 1 aliphatic rings. The molecule has 0 aromatic carbocycles. The Morgan fingerprint density at radius 3 is 3.12 bits per heavy atom. The summed E-state index contributed by atoms with van der Waals surface area (Å²) < 4.78 is 7.26. The SMILES string of the molecule is CCCn1nncc1C(=O)C1CCOC1CC. The zero-order chi connectivity index (χ0) is 12.3. The normalized spacial score (nSPS) is 24.1. The summed E-state index contributed by atoms with van der Waals surface area (Å²) in [6.45, 7) is 5.54. The Kier molecular flexibility index (Phi) is 3.89. The van der Waals surface area contributed by atoms with Gasteiger partial charge in [-0.2, -0.15) is 0 Å². The van der Waals surface area contributed by atoms with Gasteiger partial charge in [-0.25, -0.2) is 4.68 Å². The van der Waals surface area contributed by atoms with Gasteiger partial charge in [0.15, 0.2) is 5.78 Å². The molecule has 1 aliphatic heterocycles. The summed E-state index contributed by atoms with van der Waals surface area (Å²) in [6.07, 6.45) is 4.28. The van der Waals surface area contributed by atoms with E-state index in [1.54, 1.807) is 10.9 Å². The van der Waals surface area contributed by atoms with Gasteiger partial charge in [0.1, 0.15) is 5.69 Å². The minimum atomic E-state index is -0.0193. The Labute approximate surface area is 101 Å². The number of aryl methyl sites for hydroxylation is 1. The quantitative estimate of drug-likeness (QED) is 0.731. The van der Waals surface area contributed by atoms with E-state index in [0.29, 0.717) is 12.3 Å². The van der Waals surface area contributed by atoms with Crippen LogP contribution in [0.25, 0.3) is 0 Å². The summed E-state index contributed by atoms with van der Waals surface area (Å²) in [6, 6.07) is 0. The lowest BCUT2D eigenvalue weighted by atomic mass is 9.93. The lowest BCUT2D eigenvalue weighted by Gasteiger charge is -2.15. The average molecular weight is 237 g/mol. The first-order valence-electron chi connectivity index (χ1n) is 6.32. The Morgan fingerprint density at radius 1 is 1.59 bits per heavy atom. The van der Waals surface area contributed by atoms with Gasteiger partial charge in [0.25, 0.3) is 0 Å². The fourth-order valence-electron chi connectivity index (χ4n) is 2.37. The summed E-state index contributed by atoms with van der Waals surface area (Å²) >= 11 is 0. The van der Waals surface area contributed by atoms with E-state index in [-0.39, 0.29) is 17.8 Å². The summed E-state index contributed by atoms with van der Waals surface area (Å²) in [4.78, 5) is 12.4. The van der Waals surface area contributed by atoms with Crippen molar-refractivity contribution in [3.05, 3.63) is 11.9 Å². The smallest absolute Gasteiger partial charge is 0.188 e. The molecule has 0 radical (unpaired) electrons. The van der Waals surface area contributed by atoms with Crippen LogP contribution in [0.1, 0.15) is 43.6 Å². The van der Waals surface area contributed by atoms with Crippen LogP contribution in [-0.4, -0.2) is 33.5 Å². The van der Waals surface area contributed by atoms with Gasteiger partial charge in [-0.1, -0.05) is 19.1 Å². The average Bonchev–Trinajstić information content (AvgIpc) is 2.96. The highest BCUT2D eigenvalue weighted by molar-refractivity contribution is 5.96. The number of Topliss-reactive ketones (excluding diaryl/α,β-unsaturated/α-hetero) is 1. The third kappa shape index (κ3) is 2.39. The number of aromatic nitrogens is 3. The largest absolute Gasteiger partial charge is 0.377 e. The summed E-state index contributed by atoms with van der Waals surface area (Å²) in [5.41, 5.74) is 0.626. The maximum Gasteiger partial charge on any atom is 0.188 e. The van der Waals surface area contributed by atoms with Crippen LogP contribution in [0, 0.1) is 5.92 Å². The number of carbonyl (C=O) groups is 1. The summed E-state index contributed by atoms with van der Waals surface area (Å²) in [5, 5.41) is 7.79. The molecule has 0 saturated carbocycles. The van der Waals surface area contributed by atoms with Gasteiger partial charge in [-0.05, 0) is 19.3 Å². The molecule has 1 saturated heterocycles. The van der Waals surface area contributed by atoms with Crippen LogP contribution in [0.2, 0.25) is 0 Å². The van der Waals surface area contributed by atoms with Crippen molar-refractivity contribution in [3.8, 4) is 0 Å². The predicted octanol–water partition coefficient (Wildman–Crippen LogP) is 1.69. The molecule has 0 N–H and O–H groups in total. The van der Waals surface area contributed by atoms with Gasteiger partial charge in [-0.15, -0.1) is 5.10 Å². The first-order valence-corrected chi connectivity index (χ1v) is 6.32. The van der Waals surface area contributed by atoms with Crippen molar-refractivity contribution in [2.75, 3.05) is 6.61 Å². The second-order valence-electron chi connectivity index (χ2n) is 4.42. The zero-order valence-electron chi connectivity index (χ0n) is 10.4. The fourth-order valence-corrected chi connectivity index (χ4v) is 2.37. The second-order valence-corrected chi connectivity index (χ2v) is 4.42. The number of carbonyl (C=O) groups excluding carboxylic acids is 1. The topological polar surface area (TPSA) is 57.0 Å².